The van der Waals surface area contributed by atoms with E-state index in [-0.39, 0.29) is 6.10 Å². The van der Waals surface area contributed by atoms with Gasteiger partial charge in [0.15, 0.2) is 0 Å². The van der Waals surface area contributed by atoms with Crippen molar-refractivity contribution >= 4 is 10.9 Å². The van der Waals surface area contributed by atoms with Crippen molar-refractivity contribution in [3.05, 3.63) is 36.7 Å². The van der Waals surface area contributed by atoms with Crippen molar-refractivity contribution in [2.24, 2.45) is 0 Å². The molecule has 1 saturated heterocycles. The molecule has 4 heterocycles. The maximum Gasteiger partial charge on any atom is 0.223 e. The van der Waals surface area contributed by atoms with Crippen molar-refractivity contribution < 1.29 is 9.47 Å². The van der Waals surface area contributed by atoms with Crippen LogP contribution in [0.25, 0.3) is 22.3 Å². The third-order valence-corrected chi connectivity index (χ3v) is 3.75. The average molecular weight is 311 g/mol. The maximum absolute atomic E-state index is 5.95. The first-order valence-electron chi connectivity index (χ1n) is 7.61. The molecule has 3 aromatic rings. The lowest BCUT2D eigenvalue weighted by atomic mass is 10.2. The van der Waals surface area contributed by atoms with E-state index in [1.807, 2.05) is 24.3 Å². The largest absolute Gasteiger partial charge is 0.474 e. The number of hydrogen-bond acceptors (Lipinski definition) is 6. The molecule has 0 bridgehead atoms. The molecule has 0 aliphatic carbocycles. The molecule has 118 valence electrons. The Balaban J connectivity index is 1.66. The summed E-state index contributed by atoms with van der Waals surface area (Å²) in [5, 5.41) is 11.1. The van der Waals surface area contributed by atoms with Crippen molar-refractivity contribution in [2.75, 3.05) is 26.3 Å². The van der Waals surface area contributed by atoms with E-state index in [0.717, 1.165) is 35.4 Å². The molecular weight excluding hydrogens is 294 g/mol. The number of aromatic nitrogens is 4. The highest BCUT2D eigenvalue weighted by molar-refractivity contribution is 5.86. The molecule has 1 fully saturated rings. The minimum absolute atomic E-state index is 0.0353. The van der Waals surface area contributed by atoms with E-state index in [4.69, 9.17) is 9.47 Å². The quantitative estimate of drug-likeness (QED) is 0.757. The normalized spacial score (nSPS) is 18.2. The fourth-order valence-electron chi connectivity index (χ4n) is 2.59. The molecule has 1 aliphatic heterocycles. The van der Waals surface area contributed by atoms with Gasteiger partial charge in [-0.3, -0.25) is 10.1 Å². The fraction of sp³-hybridized carbons (Fsp3) is 0.312. The molecule has 7 heteroatoms. The van der Waals surface area contributed by atoms with E-state index in [0.29, 0.717) is 19.1 Å². The fourth-order valence-corrected chi connectivity index (χ4v) is 2.59. The van der Waals surface area contributed by atoms with Crippen molar-refractivity contribution in [2.45, 2.75) is 6.10 Å². The Bertz CT molecular complexity index is 784. The number of aromatic amines is 1. The summed E-state index contributed by atoms with van der Waals surface area (Å²) in [6.07, 6.45) is 3.49. The second-order valence-electron chi connectivity index (χ2n) is 5.36. The van der Waals surface area contributed by atoms with Crippen molar-refractivity contribution in [1.82, 2.24) is 25.5 Å². The molecule has 4 rings (SSSR count). The summed E-state index contributed by atoms with van der Waals surface area (Å²) in [5.74, 6) is 0.564. The zero-order valence-corrected chi connectivity index (χ0v) is 12.5. The summed E-state index contributed by atoms with van der Waals surface area (Å²) < 4.78 is 11.6. The summed E-state index contributed by atoms with van der Waals surface area (Å²) in [6, 6.07) is 7.64. The van der Waals surface area contributed by atoms with Crippen molar-refractivity contribution in [3.63, 3.8) is 0 Å². The number of hydrogen-bond donors (Lipinski definition) is 2. The molecule has 0 aromatic carbocycles. The van der Waals surface area contributed by atoms with Crippen LogP contribution in [0.15, 0.2) is 36.7 Å². The summed E-state index contributed by atoms with van der Waals surface area (Å²) >= 11 is 0. The van der Waals surface area contributed by atoms with Gasteiger partial charge in [0.2, 0.25) is 5.88 Å². The molecule has 0 saturated carbocycles. The van der Waals surface area contributed by atoms with Crippen LogP contribution in [0, 0.1) is 0 Å². The Kier molecular flexibility index (Phi) is 3.87. The first-order chi connectivity index (χ1) is 11.4. The lowest BCUT2D eigenvalue weighted by Crippen LogP contribution is -2.41. The number of nitrogens with zero attached hydrogens (tertiary/aromatic N) is 3. The van der Waals surface area contributed by atoms with Gasteiger partial charge >= 0.3 is 0 Å². The van der Waals surface area contributed by atoms with Gasteiger partial charge in [0.1, 0.15) is 12.7 Å². The Morgan fingerprint density at radius 2 is 2.30 bits per heavy atom. The number of fused-ring (bicyclic) bond motifs is 1. The van der Waals surface area contributed by atoms with Gasteiger partial charge in [-0.25, -0.2) is 4.98 Å². The van der Waals surface area contributed by atoms with Crippen molar-refractivity contribution in [3.8, 4) is 17.3 Å². The van der Waals surface area contributed by atoms with Crippen LogP contribution >= 0.6 is 0 Å². The van der Waals surface area contributed by atoms with Gasteiger partial charge < -0.3 is 14.8 Å². The monoisotopic (exact) mass is 311 g/mol. The molecule has 7 nitrogen and oxygen atoms in total. The first-order valence-corrected chi connectivity index (χ1v) is 7.61. The topological polar surface area (TPSA) is 85.0 Å². The molecule has 1 atom stereocenters. The molecule has 0 radical (unpaired) electrons. The second kappa shape index (κ2) is 6.31. The van der Waals surface area contributed by atoms with Gasteiger partial charge in [0.25, 0.3) is 0 Å². The summed E-state index contributed by atoms with van der Waals surface area (Å²) in [6.45, 7) is 2.84. The highest BCUT2D eigenvalue weighted by atomic mass is 16.5. The van der Waals surface area contributed by atoms with Gasteiger partial charge in [-0.1, -0.05) is 0 Å². The number of ether oxygens (including phenoxy) is 2. The SMILES string of the molecule is c1cnc2cc(-c3ccn[nH]3)nc(OC[C@@H]3CNCCO3)c2c1. The summed E-state index contributed by atoms with van der Waals surface area (Å²) in [4.78, 5) is 9.03. The molecular formula is C16H17N5O2. The molecule has 1 aliphatic rings. The number of H-pyrrole nitrogens is 1. The van der Waals surface area contributed by atoms with Gasteiger partial charge in [0, 0.05) is 25.5 Å². The van der Waals surface area contributed by atoms with Crippen molar-refractivity contribution in [1.29, 1.82) is 0 Å². The van der Waals surface area contributed by atoms with Gasteiger partial charge in [-0.05, 0) is 24.3 Å². The van der Waals surface area contributed by atoms with Crippen LogP contribution in [0.5, 0.6) is 5.88 Å². The zero-order chi connectivity index (χ0) is 15.5. The van der Waals surface area contributed by atoms with Gasteiger partial charge in [-0.2, -0.15) is 5.10 Å². The van der Waals surface area contributed by atoms with E-state index in [1.54, 1.807) is 12.4 Å². The highest BCUT2D eigenvalue weighted by Gasteiger charge is 2.16. The Hall–Kier alpha value is -2.51. The van der Waals surface area contributed by atoms with E-state index in [9.17, 15) is 0 Å². The smallest absolute Gasteiger partial charge is 0.223 e. The number of morpholine rings is 1. The molecule has 0 amide bonds. The summed E-state index contributed by atoms with van der Waals surface area (Å²) in [7, 11) is 0. The third kappa shape index (κ3) is 3.01. The molecule has 2 N–H and O–H groups in total. The molecule has 23 heavy (non-hydrogen) atoms. The number of nitrogens with one attached hydrogen (secondary N) is 2. The van der Waals surface area contributed by atoms with Crippen LogP contribution in [-0.2, 0) is 4.74 Å². The molecule has 3 aromatic heterocycles. The summed E-state index contributed by atoms with van der Waals surface area (Å²) in [5.41, 5.74) is 2.43. The Morgan fingerprint density at radius 1 is 1.30 bits per heavy atom. The Labute approximate surface area is 133 Å². The van der Waals surface area contributed by atoms with E-state index < -0.39 is 0 Å². The van der Waals surface area contributed by atoms with Crippen LogP contribution < -0.4 is 10.1 Å². The minimum atomic E-state index is 0.0353. The third-order valence-electron chi connectivity index (χ3n) is 3.75. The lowest BCUT2D eigenvalue weighted by Gasteiger charge is -2.23. The van der Waals surface area contributed by atoms with Crippen LogP contribution in [0.2, 0.25) is 0 Å². The van der Waals surface area contributed by atoms with Crippen LogP contribution in [0.1, 0.15) is 0 Å². The predicted octanol–water partition coefficient (Wildman–Crippen LogP) is 1.39. The van der Waals surface area contributed by atoms with Crippen LogP contribution in [0.4, 0.5) is 0 Å². The molecule has 0 spiro atoms. The van der Waals surface area contributed by atoms with E-state index in [1.165, 1.54) is 0 Å². The minimum Gasteiger partial charge on any atom is -0.474 e. The standard InChI is InChI=1S/C16H17N5O2/c1-2-12-14(18-4-1)8-15(13-3-5-19-21-13)20-16(12)23-10-11-9-17-6-7-22-11/h1-5,8,11,17H,6-7,9-10H2,(H,19,21)/t11-/m0/s1. The first kappa shape index (κ1) is 14.1. The van der Waals surface area contributed by atoms with E-state index >= 15 is 0 Å². The predicted molar refractivity (Wildman–Crippen MR) is 85.2 cm³/mol. The van der Waals surface area contributed by atoms with Gasteiger partial charge in [-0.15, -0.1) is 0 Å². The maximum atomic E-state index is 5.95. The molecule has 0 unspecified atom stereocenters. The average Bonchev–Trinajstić information content (AvgIpc) is 3.15. The van der Waals surface area contributed by atoms with E-state index in [2.05, 4.69) is 25.5 Å². The lowest BCUT2D eigenvalue weighted by molar-refractivity contribution is -0.000366. The van der Waals surface area contributed by atoms with Crippen LogP contribution in [-0.4, -0.2) is 52.6 Å². The number of pyridine rings is 2. The van der Waals surface area contributed by atoms with Gasteiger partial charge in [0.05, 0.1) is 28.9 Å². The number of rotatable bonds is 4. The zero-order valence-electron chi connectivity index (χ0n) is 12.5. The highest BCUT2D eigenvalue weighted by Crippen LogP contribution is 2.27. The van der Waals surface area contributed by atoms with Crippen LogP contribution in [0.3, 0.4) is 0 Å². The second-order valence-corrected chi connectivity index (χ2v) is 5.36. The Morgan fingerprint density at radius 3 is 3.13 bits per heavy atom.